The lowest BCUT2D eigenvalue weighted by atomic mass is 10.0. The van der Waals surface area contributed by atoms with Gasteiger partial charge in [0.15, 0.2) is 17.5 Å². The number of hydrogen-bond donors (Lipinski definition) is 2. The van der Waals surface area contributed by atoms with Crippen molar-refractivity contribution in [2.45, 2.75) is 32.9 Å². The number of pyridine rings is 1. The van der Waals surface area contributed by atoms with E-state index in [-0.39, 0.29) is 29.5 Å². The first-order valence-electron chi connectivity index (χ1n) is 11.1. The Hall–Kier alpha value is -2.11. The number of aliphatic imine (C=N–C) groups is 1. The second kappa shape index (κ2) is 13.6. The maximum Gasteiger partial charge on any atom is 0.219 e. The average molecular weight is 569 g/mol. The lowest BCUT2D eigenvalue weighted by Crippen LogP contribution is -2.56. The number of aromatic nitrogens is 1. The Morgan fingerprint density at radius 1 is 1.12 bits per heavy atom. The third kappa shape index (κ3) is 8.31. The van der Waals surface area contributed by atoms with Crippen LogP contribution >= 0.6 is 24.0 Å². The number of hydrogen-bond acceptors (Lipinski definition) is 6. The van der Waals surface area contributed by atoms with Crippen molar-refractivity contribution in [2.24, 2.45) is 4.99 Å². The Morgan fingerprint density at radius 3 is 2.48 bits per heavy atom. The van der Waals surface area contributed by atoms with Gasteiger partial charge in [0.2, 0.25) is 5.88 Å². The van der Waals surface area contributed by atoms with Crippen molar-refractivity contribution < 1.29 is 14.2 Å². The molecule has 2 aromatic rings. The van der Waals surface area contributed by atoms with Gasteiger partial charge in [0.1, 0.15) is 0 Å². The minimum absolute atomic E-state index is 0. The predicted octanol–water partition coefficient (Wildman–Crippen LogP) is 3.67. The maximum absolute atomic E-state index is 5.89. The molecule has 1 aliphatic heterocycles. The quantitative estimate of drug-likeness (QED) is 0.271. The van der Waals surface area contributed by atoms with Crippen LogP contribution in [0.2, 0.25) is 0 Å². The lowest BCUT2D eigenvalue weighted by molar-refractivity contribution is -0.00834. The van der Waals surface area contributed by atoms with Crippen LogP contribution in [0.3, 0.4) is 0 Å². The first-order valence-corrected chi connectivity index (χ1v) is 11.1. The fourth-order valence-electron chi connectivity index (χ4n) is 3.48. The molecule has 0 spiro atoms. The van der Waals surface area contributed by atoms with Gasteiger partial charge >= 0.3 is 0 Å². The van der Waals surface area contributed by atoms with Crippen molar-refractivity contribution in [3.05, 3.63) is 48.2 Å². The predicted molar refractivity (Wildman–Crippen MR) is 142 cm³/mol. The summed E-state index contributed by atoms with van der Waals surface area (Å²) in [6.07, 6.45) is 1.80. The van der Waals surface area contributed by atoms with E-state index >= 15 is 0 Å². The van der Waals surface area contributed by atoms with E-state index < -0.39 is 0 Å². The van der Waals surface area contributed by atoms with Crippen molar-refractivity contribution in [2.75, 3.05) is 46.5 Å². The van der Waals surface area contributed by atoms with Crippen LogP contribution in [0.15, 0.2) is 47.6 Å². The molecule has 0 atom stereocenters. The number of guanidine groups is 1. The molecule has 0 radical (unpaired) electrons. The third-order valence-corrected chi connectivity index (χ3v) is 5.40. The summed E-state index contributed by atoms with van der Waals surface area (Å²) in [4.78, 5) is 11.2. The summed E-state index contributed by atoms with van der Waals surface area (Å²) in [5.41, 5.74) is 1.05. The highest BCUT2D eigenvalue weighted by Crippen LogP contribution is 2.30. The van der Waals surface area contributed by atoms with Crippen molar-refractivity contribution in [1.82, 2.24) is 20.5 Å². The lowest BCUT2D eigenvalue weighted by Gasteiger charge is -2.41. The first kappa shape index (κ1) is 27.1. The summed E-state index contributed by atoms with van der Waals surface area (Å²) in [5, 5.41) is 6.79. The Morgan fingerprint density at radius 2 is 1.85 bits per heavy atom. The molecule has 1 aliphatic rings. The first-order chi connectivity index (χ1) is 15.5. The van der Waals surface area contributed by atoms with E-state index in [1.165, 1.54) is 0 Å². The van der Waals surface area contributed by atoms with Gasteiger partial charge in [0.25, 0.3) is 0 Å². The minimum Gasteiger partial charge on any atom is -0.490 e. The summed E-state index contributed by atoms with van der Waals surface area (Å²) < 4.78 is 17.0. The number of nitrogens with zero attached hydrogens (tertiary/aromatic N) is 3. The molecule has 33 heavy (non-hydrogen) atoms. The molecule has 1 aromatic carbocycles. The Bertz CT molecular complexity index is 871. The van der Waals surface area contributed by atoms with Crippen LogP contribution in [0.5, 0.6) is 17.4 Å². The second-order valence-electron chi connectivity index (χ2n) is 8.18. The Kier molecular flexibility index (Phi) is 11.2. The normalized spacial score (nSPS) is 14.8. The van der Waals surface area contributed by atoms with E-state index in [0.29, 0.717) is 30.5 Å². The number of halogens is 1. The maximum atomic E-state index is 5.89. The Balaban J connectivity index is 0.00000385. The van der Waals surface area contributed by atoms with Crippen LogP contribution in [0.4, 0.5) is 0 Å². The molecule has 0 bridgehead atoms. The fourth-order valence-corrected chi connectivity index (χ4v) is 3.48. The number of para-hydroxylation sites is 2. The molecule has 9 heteroatoms. The minimum atomic E-state index is 0. The summed E-state index contributed by atoms with van der Waals surface area (Å²) in [6.45, 7) is 11.9. The van der Waals surface area contributed by atoms with Crippen LogP contribution in [0.25, 0.3) is 0 Å². The molecule has 0 unspecified atom stereocenters. The van der Waals surface area contributed by atoms with Crippen LogP contribution in [0, 0.1) is 0 Å². The summed E-state index contributed by atoms with van der Waals surface area (Å²) in [7, 11) is 1.78. The van der Waals surface area contributed by atoms with Crippen LogP contribution < -0.4 is 20.1 Å². The number of rotatable bonds is 9. The zero-order chi connectivity index (χ0) is 22.8. The van der Waals surface area contributed by atoms with E-state index in [0.717, 1.165) is 44.4 Å². The molecule has 8 nitrogen and oxygen atoms in total. The number of nitrogens with one attached hydrogen (secondary N) is 2. The van der Waals surface area contributed by atoms with E-state index in [1.807, 2.05) is 43.3 Å². The molecule has 0 amide bonds. The second-order valence-corrected chi connectivity index (χ2v) is 8.18. The topological polar surface area (TPSA) is 80.2 Å². The van der Waals surface area contributed by atoms with Gasteiger partial charge in [0, 0.05) is 51.0 Å². The molecule has 2 heterocycles. The van der Waals surface area contributed by atoms with Gasteiger partial charge in [-0.1, -0.05) is 18.2 Å². The zero-order valence-corrected chi connectivity index (χ0v) is 22.3. The molecule has 0 saturated carbocycles. The highest BCUT2D eigenvalue weighted by Gasteiger charge is 2.28. The molecule has 0 aliphatic carbocycles. The average Bonchev–Trinajstić information content (AvgIpc) is 2.82. The smallest absolute Gasteiger partial charge is 0.219 e. The van der Waals surface area contributed by atoms with Gasteiger partial charge in [-0.25, -0.2) is 4.98 Å². The SMILES string of the molecule is CCOc1ccccc1Oc1ccc(CNC(=NC)NCC(C)(C)N2CCOCC2)cn1.I. The monoisotopic (exact) mass is 569 g/mol. The highest BCUT2D eigenvalue weighted by molar-refractivity contribution is 14.0. The summed E-state index contributed by atoms with van der Waals surface area (Å²) in [5.74, 6) is 2.64. The fraction of sp³-hybridized carbons (Fsp3) is 0.500. The molecule has 1 aromatic heterocycles. The third-order valence-electron chi connectivity index (χ3n) is 5.40. The van der Waals surface area contributed by atoms with Gasteiger partial charge in [0.05, 0.1) is 19.8 Å². The van der Waals surface area contributed by atoms with Crippen molar-refractivity contribution in [3.8, 4) is 17.4 Å². The highest BCUT2D eigenvalue weighted by atomic mass is 127. The van der Waals surface area contributed by atoms with Gasteiger partial charge < -0.3 is 24.8 Å². The zero-order valence-electron chi connectivity index (χ0n) is 20.0. The van der Waals surface area contributed by atoms with Crippen LogP contribution in [-0.4, -0.2) is 67.9 Å². The summed E-state index contributed by atoms with van der Waals surface area (Å²) in [6, 6.07) is 11.4. The Labute approximate surface area is 214 Å². The van der Waals surface area contributed by atoms with Crippen LogP contribution in [-0.2, 0) is 11.3 Å². The number of morpholine rings is 1. The van der Waals surface area contributed by atoms with Crippen LogP contribution in [0.1, 0.15) is 26.3 Å². The van der Waals surface area contributed by atoms with Gasteiger partial charge in [-0.05, 0) is 38.5 Å². The molecule has 2 N–H and O–H groups in total. The van der Waals surface area contributed by atoms with E-state index in [1.54, 1.807) is 13.2 Å². The van der Waals surface area contributed by atoms with Crippen molar-refractivity contribution in [3.63, 3.8) is 0 Å². The van der Waals surface area contributed by atoms with Crippen molar-refractivity contribution in [1.29, 1.82) is 0 Å². The molecular weight excluding hydrogens is 533 g/mol. The van der Waals surface area contributed by atoms with Gasteiger partial charge in [-0.2, -0.15) is 0 Å². The number of ether oxygens (including phenoxy) is 3. The largest absolute Gasteiger partial charge is 0.490 e. The molecule has 1 saturated heterocycles. The van der Waals surface area contributed by atoms with E-state index in [4.69, 9.17) is 14.2 Å². The van der Waals surface area contributed by atoms with E-state index in [9.17, 15) is 0 Å². The van der Waals surface area contributed by atoms with Gasteiger partial charge in [-0.15, -0.1) is 24.0 Å². The molecule has 3 rings (SSSR count). The number of benzene rings is 1. The summed E-state index contributed by atoms with van der Waals surface area (Å²) >= 11 is 0. The standard InChI is InChI=1S/C24H35N5O3.HI/c1-5-31-20-8-6-7-9-21(20)32-22-11-10-19(16-26-22)17-27-23(25-4)28-18-24(2,3)29-12-14-30-15-13-29;/h6-11,16H,5,12-15,17-18H2,1-4H3,(H2,25,27,28);1H. The van der Waals surface area contributed by atoms with Crippen molar-refractivity contribution >= 4 is 29.9 Å². The molecular formula is C24H36IN5O3. The molecule has 182 valence electrons. The van der Waals surface area contributed by atoms with E-state index in [2.05, 4.69) is 39.4 Å². The molecule has 1 fully saturated rings. The van der Waals surface area contributed by atoms with Gasteiger partial charge in [-0.3, -0.25) is 9.89 Å².